The van der Waals surface area contributed by atoms with Crippen LogP contribution in [-0.2, 0) is 22.7 Å². The normalized spacial score (nSPS) is 14.4. The summed E-state index contributed by atoms with van der Waals surface area (Å²) < 4.78 is 6.89. The van der Waals surface area contributed by atoms with Crippen LogP contribution in [0.3, 0.4) is 0 Å². The number of carbonyl (C=O) groups excluding carboxylic acids is 3. The van der Waals surface area contributed by atoms with E-state index in [1.165, 1.54) is 11.8 Å². The molecule has 1 atom stereocenters. The highest BCUT2D eigenvalue weighted by Crippen LogP contribution is 2.26. The summed E-state index contributed by atoms with van der Waals surface area (Å²) in [5, 5.41) is 11.3. The van der Waals surface area contributed by atoms with E-state index in [4.69, 9.17) is 4.74 Å². The van der Waals surface area contributed by atoms with Gasteiger partial charge in [-0.25, -0.2) is 9.48 Å². The van der Waals surface area contributed by atoms with Crippen molar-refractivity contribution >= 4 is 29.5 Å². The molecular formula is C17H19N5O4S. The standard InChI is InChI=1S/C17H19N5O4S/c1-3-8-21-14(18-19-20-21)9-26-17(25)13(10-27-2)22-15(23)11-6-4-5-7-12(11)16(22)24/h4-7,13H,3,8-10H2,1-2H3/t13-/m0/s1. The summed E-state index contributed by atoms with van der Waals surface area (Å²) in [5.74, 6) is -0.977. The van der Waals surface area contributed by atoms with Crippen LogP contribution in [0.4, 0.5) is 0 Å². The number of hydrogen-bond acceptors (Lipinski definition) is 8. The van der Waals surface area contributed by atoms with E-state index < -0.39 is 23.8 Å². The van der Waals surface area contributed by atoms with Crippen LogP contribution < -0.4 is 0 Å². The lowest BCUT2D eigenvalue weighted by atomic mass is 10.1. The number of carbonyl (C=O) groups is 3. The molecule has 0 fully saturated rings. The number of esters is 1. The molecule has 0 spiro atoms. The van der Waals surface area contributed by atoms with Crippen molar-refractivity contribution in [2.75, 3.05) is 12.0 Å². The second-order valence-corrected chi connectivity index (χ2v) is 6.83. The van der Waals surface area contributed by atoms with E-state index in [9.17, 15) is 14.4 Å². The minimum atomic E-state index is -1.01. The molecule has 10 heteroatoms. The number of nitrogens with zero attached hydrogens (tertiary/aromatic N) is 5. The van der Waals surface area contributed by atoms with Gasteiger partial charge in [-0.2, -0.15) is 11.8 Å². The molecular weight excluding hydrogens is 370 g/mol. The highest BCUT2D eigenvalue weighted by atomic mass is 32.2. The predicted octanol–water partition coefficient (Wildman–Crippen LogP) is 1.15. The molecule has 9 nitrogen and oxygen atoms in total. The first-order chi connectivity index (χ1) is 13.1. The lowest BCUT2D eigenvalue weighted by Gasteiger charge is -2.23. The van der Waals surface area contributed by atoms with Crippen molar-refractivity contribution in [3.05, 3.63) is 41.2 Å². The molecule has 0 saturated carbocycles. The SMILES string of the molecule is CCCn1nnnc1COC(=O)[C@H](CSC)N1C(=O)c2ccccc2C1=O. The molecule has 2 heterocycles. The van der Waals surface area contributed by atoms with Crippen LogP contribution in [0.2, 0.25) is 0 Å². The molecule has 0 bridgehead atoms. The van der Waals surface area contributed by atoms with Crippen LogP contribution in [0.25, 0.3) is 0 Å². The van der Waals surface area contributed by atoms with Crippen molar-refractivity contribution in [1.29, 1.82) is 0 Å². The summed E-state index contributed by atoms with van der Waals surface area (Å²) in [6.07, 6.45) is 2.62. The number of imide groups is 1. The number of ether oxygens (including phenoxy) is 1. The number of hydrogen-bond donors (Lipinski definition) is 0. The van der Waals surface area contributed by atoms with Gasteiger partial charge in [-0.3, -0.25) is 14.5 Å². The number of aryl methyl sites for hydroxylation is 1. The Balaban J connectivity index is 1.75. The fourth-order valence-corrected chi connectivity index (χ4v) is 3.44. The Labute approximate surface area is 160 Å². The van der Waals surface area contributed by atoms with E-state index >= 15 is 0 Å². The second kappa shape index (κ2) is 8.30. The smallest absolute Gasteiger partial charge is 0.330 e. The summed E-state index contributed by atoms with van der Waals surface area (Å²) >= 11 is 1.35. The van der Waals surface area contributed by atoms with Crippen LogP contribution in [-0.4, -0.2) is 60.9 Å². The first-order valence-corrected chi connectivity index (χ1v) is 9.85. The Morgan fingerprint density at radius 1 is 1.22 bits per heavy atom. The average molecular weight is 389 g/mol. The third-order valence-electron chi connectivity index (χ3n) is 4.12. The van der Waals surface area contributed by atoms with E-state index in [0.29, 0.717) is 23.5 Å². The molecule has 142 valence electrons. The van der Waals surface area contributed by atoms with Gasteiger partial charge in [0, 0.05) is 12.3 Å². The first-order valence-electron chi connectivity index (χ1n) is 8.46. The van der Waals surface area contributed by atoms with E-state index in [0.717, 1.165) is 11.3 Å². The van der Waals surface area contributed by atoms with Gasteiger partial charge in [-0.05, 0) is 35.2 Å². The number of tetrazole rings is 1. The van der Waals surface area contributed by atoms with Gasteiger partial charge in [0.05, 0.1) is 11.1 Å². The monoisotopic (exact) mass is 389 g/mol. The third kappa shape index (κ3) is 3.70. The molecule has 1 aromatic carbocycles. The second-order valence-electron chi connectivity index (χ2n) is 5.92. The molecule has 27 heavy (non-hydrogen) atoms. The molecule has 1 aromatic heterocycles. The highest BCUT2D eigenvalue weighted by Gasteiger charge is 2.43. The van der Waals surface area contributed by atoms with Crippen LogP contribution in [0.5, 0.6) is 0 Å². The maximum absolute atomic E-state index is 12.7. The maximum atomic E-state index is 12.7. The number of rotatable bonds is 8. The molecule has 2 aromatic rings. The van der Waals surface area contributed by atoms with Crippen molar-refractivity contribution in [2.45, 2.75) is 32.5 Å². The largest absolute Gasteiger partial charge is 0.456 e. The number of aromatic nitrogens is 4. The highest BCUT2D eigenvalue weighted by molar-refractivity contribution is 7.98. The summed E-state index contributed by atoms with van der Waals surface area (Å²) in [4.78, 5) is 39.0. The van der Waals surface area contributed by atoms with Gasteiger partial charge in [0.15, 0.2) is 12.4 Å². The van der Waals surface area contributed by atoms with Gasteiger partial charge < -0.3 is 4.74 Å². The van der Waals surface area contributed by atoms with Gasteiger partial charge in [-0.1, -0.05) is 19.1 Å². The molecule has 0 saturated heterocycles. The minimum absolute atomic E-state index is 0.125. The first kappa shape index (κ1) is 19.0. The van der Waals surface area contributed by atoms with Gasteiger partial charge in [0.2, 0.25) is 0 Å². The molecule has 2 amide bonds. The number of thioether (sulfide) groups is 1. The minimum Gasteiger partial charge on any atom is -0.456 e. The van der Waals surface area contributed by atoms with E-state index in [1.807, 2.05) is 6.92 Å². The third-order valence-corrected chi connectivity index (χ3v) is 4.77. The summed E-state index contributed by atoms with van der Waals surface area (Å²) in [6.45, 7) is 2.46. The quantitative estimate of drug-likeness (QED) is 0.489. The zero-order valence-electron chi connectivity index (χ0n) is 15.0. The Bertz CT molecular complexity index is 834. The summed E-state index contributed by atoms with van der Waals surface area (Å²) in [7, 11) is 0. The van der Waals surface area contributed by atoms with Crippen molar-refractivity contribution in [1.82, 2.24) is 25.1 Å². The van der Waals surface area contributed by atoms with E-state index in [-0.39, 0.29) is 12.4 Å². The fourth-order valence-electron chi connectivity index (χ4n) is 2.84. The Hall–Kier alpha value is -2.75. The predicted molar refractivity (Wildman–Crippen MR) is 97.0 cm³/mol. The number of fused-ring (bicyclic) bond motifs is 1. The number of amides is 2. The summed E-state index contributed by atoms with van der Waals surface area (Å²) in [6, 6.07) is 5.51. The van der Waals surface area contributed by atoms with Crippen molar-refractivity contribution in [3.8, 4) is 0 Å². The maximum Gasteiger partial charge on any atom is 0.330 e. The lowest BCUT2D eigenvalue weighted by molar-refractivity contribution is -0.149. The van der Waals surface area contributed by atoms with Gasteiger partial charge >= 0.3 is 5.97 Å². The van der Waals surface area contributed by atoms with Crippen LogP contribution in [0.1, 0.15) is 39.9 Å². The van der Waals surface area contributed by atoms with E-state index in [1.54, 1.807) is 35.2 Å². The molecule has 0 unspecified atom stereocenters. The van der Waals surface area contributed by atoms with Crippen molar-refractivity contribution in [3.63, 3.8) is 0 Å². The summed E-state index contributed by atoms with van der Waals surface area (Å²) in [5.41, 5.74) is 0.599. The van der Waals surface area contributed by atoms with Crippen LogP contribution >= 0.6 is 11.8 Å². The average Bonchev–Trinajstić information content (AvgIpc) is 3.22. The Morgan fingerprint density at radius 3 is 2.48 bits per heavy atom. The molecule has 1 aliphatic heterocycles. The van der Waals surface area contributed by atoms with Gasteiger partial charge in [-0.15, -0.1) is 5.10 Å². The van der Waals surface area contributed by atoms with Crippen LogP contribution in [0.15, 0.2) is 24.3 Å². The lowest BCUT2D eigenvalue weighted by Crippen LogP contribution is -2.47. The zero-order valence-corrected chi connectivity index (χ0v) is 15.8. The fraction of sp³-hybridized carbons (Fsp3) is 0.412. The van der Waals surface area contributed by atoms with Crippen LogP contribution in [0, 0.1) is 0 Å². The number of benzene rings is 1. The molecule has 0 radical (unpaired) electrons. The molecule has 0 aliphatic carbocycles. The van der Waals surface area contributed by atoms with Gasteiger partial charge in [0.1, 0.15) is 6.04 Å². The Morgan fingerprint density at radius 2 is 1.89 bits per heavy atom. The molecule has 3 rings (SSSR count). The molecule has 0 N–H and O–H groups in total. The van der Waals surface area contributed by atoms with E-state index in [2.05, 4.69) is 15.5 Å². The Kier molecular flexibility index (Phi) is 5.84. The molecule has 1 aliphatic rings. The van der Waals surface area contributed by atoms with Gasteiger partial charge in [0.25, 0.3) is 11.8 Å². The topological polar surface area (TPSA) is 107 Å². The van der Waals surface area contributed by atoms with Crippen molar-refractivity contribution < 1.29 is 19.1 Å². The van der Waals surface area contributed by atoms with Crippen molar-refractivity contribution in [2.24, 2.45) is 0 Å². The zero-order chi connectivity index (χ0) is 19.4.